The largest absolute Gasteiger partial charge is 0.497 e. The number of rotatable bonds is 6. The van der Waals surface area contributed by atoms with E-state index in [1.165, 1.54) is 16.8 Å². The summed E-state index contributed by atoms with van der Waals surface area (Å²) in [5, 5.41) is 5.54. The summed E-state index contributed by atoms with van der Waals surface area (Å²) < 4.78 is 5.13. The fourth-order valence-electron chi connectivity index (χ4n) is 4.74. The lowest BCUT2D eigenvalue weighted by atomic mass is 9.95. The molecular weight excluding hydrogens is 430 g/mol. The molecule has 2 N–H and O–H groups in total. The molecular formula is C26H35N5O3. The highest BCUT2D eigenvalue weighted by Gasteiger charge is 2.27. The van der Waals surface area contributed by atoms with Crippen LogP contribution in [0.5, 0.6) is 5.75 Å². The minimum atomic E-state index is -0.672. The van der Waals surface area contributed by atoms with Gasteiger partial charge in [0.05, 0.1) is 13.2 Å². The van der Waals surface area contributed by atoms with Crippen LogP contribution in [-0.4, -0.2) is 82.1 Å². The number of piperazine rings is 1. The monoisotopic (exact) mass is 465 g/mol. The average Bonchev–Trinajstić information content (AvgIpc) is 2.85. The maximum Gasteiger partial charge on any atom is 0.313 e. The Morgan fingerprint density at radius 1 is 0.971 bits per heavy atom. The zero-order valence-corrected chi connectivity index (χ0v) is 20.3. The van der Waals surface area contributed by atoms with Crippen molar-refractivity contribution >= 4 is 23.2 Å². The number of hydrogen-bond donors (Lipinski definition) is 2. The summed E-state index contributed by atoms with van der Waals surface area (Å²) in [6.07, 6.45) is 2.22. The van der Waals surface area contributed by atoms with Gasteiger partial charge in [-0.25, -0.2) is 0 Å². The van der Waals surface area contributed by atoms with Crippen LogP contribution >= 0.6 is 0 Å². The Morgan fingerprint density at radius 2 is 1.71 bits per heavy atom. The molecule has 0 radical (unpaired) electrons. The summed E-state index contributed by atoms with van der Waals surface area (Å²) in [6, 6.07) is 13.6. The van der Waals surface area contributed by atoms with Gasteiger partial charge in [-0.1, -0.05) is 12.1 Å². The van der Waals surface area contributed by atoms with Gasteiger partial charge < -0.3 is 25.2 Å². The molecule has 2 heterocycles. The van der Waals surface area contributed by atoms with E-state index in [2.05, 4.69) is 57.6 Å². The summed E-state index contributed by atoms with van der Waals surface area (Å²) in [4.78, 5) is 32.2. The Bertz CT molecular complexity index is 1000. The lowest BCUT2D eigenvalue weighted by Gasteiger charge is -2.39. The minimum Gasteiger partial charge on any atom is -0.497 e. The number of nitrogens with zero attached hydrogens (tertiary/aromatic N) is 3. The molecule has 8 nitrogen and oxygen atoms in total. The second-order valence-electron chi connectivity index (χ2n) is 9.16. The third-order valence-electron chi connectivity index (χ3n) is 6.83. The maximum atomic E-state index is 12.6. The number of fused-ring (bicyclic) bond motifs is 1. The molecule has 34 heavy (non-hydrogen) atoms. The Kier molecular flexibility index (Phi) is 7.70. The van der Waals surface area contributed by atoms with Gasteiger partial charge in [0.1, 0.15) is 5.75 Å². The van der Waals surface area contributed by atoms with Crippen molar-refractivity contribution in [3.8, 4) is 5.75 Å². The van der Waals surface area contributed by atoms with E-state index in [1.807, 2.05) is 0 Å². The second kappa shape index (κ2) is 10.9. The van der Waals surface area contributed by atoms with Crippen molar-refractivity contribution in [2.24, 2.45) is 0 Å². The molecule has 0 aliphatic carbocycles. The lowest BCUT2D eigenvalue weighted by Crippen LogP contribution is -2.49. The molecule has 182 valence electrons. The summed E-state index contributed by atoms with van der Waals surface area (Å²) in [7, 11) is 5.85. The number of methoxy groups -OCH3 is 1. The van der Waals surface area contributed by atoms with Gasteiger partial charge in [-0.2, -0.15) is 0 Å². The van der Waals surface area contributed by atoms with E-state index in [0.717, 1.165) is 45.6 Å². The van der Waals surface area contributed by atoms with Gasteiger partial charge in [0.15, 0.2) is 0 Å². The normalized spacial score (nSPS) is 17.6. The first-order chi connectivity index (χ1) is 16.4. The lowest BCUT2D eigenvalue weighted by molar-refractivity contribution is -0.136. The molecule has 1 atom stereocenters. The molecule has 0 saturated carbocycles. The number of hydrogen-bond acceptors (Lipinski definition) is 6. The summed E-state index contributed by atoms with van der Waals surface area (Å²) in [5.74, 6) is -0.615. The Labute approximate surface area is 201 Å². The first-order valence-corrected chi connectivity index (χ1v) is 11.9. The first kappa shape index (κ1) is 24.0. The Hall–Kier alpha value is -3.10. The topological polar surface area (TPSA) is 77.1 Å². The van der Waals surface area contributed by atoms with Gasteiger partial charge in [0.25, 0.3) is 0 Å². The van der Waals surface area contributed by atoms with E-state index in [9.17, 15) is 9.59 Å². The molecule has 0 spiro atoms. The van der Waals surface area contributed by atoms with Crippen LogP contribution in [0.3, 0.4) is 0 Å². The van der Waals surface area contributed by atoms with Crippen molar-refractivity contribution in [3.05, 3.63) is 53.6 Å². The van der Waals surface area contributed by atoms with Crippen LogP contribution in [0, 0.1) is 0 Å². The molecule has 2 aliphatic rings. The number of anilines is 2. The quantitative estimate of drug-likeness (QED) is 0.637. The van der Waals surface area contributed by atoms with E-state index in [1.54, 1.807) is 31.4 Å². The number of amides is 2. The van der Waals surface area contributed by atoms with Gasteiger partial charge >= 0.3 is 11.8 Å². The standard InChI is InChI=1S/C26H35N5O3/c1-29-13-15-31(16-14-29)24(20-6-11-23-19(17-20)5-4-12-30(23)2)18-27-25(32)26(33)28-21-7-9-22(34-3)10-8-21/h6-11,17,24H,4-5,12-16,18H2,1-3H3,(H,27,32)(H,28,33). The van der Waals surface area contributed by atoms with Gasteiger partial charge in [-0.15, -0.1) is 0 Å². The number of benzene rings is 2. The average molecular weight is 466 g/mol. The van der Waals surface area contributed by atoms with E-state index < -0.39 is 11.8 Å². The number of aryl methyl sites for hydroxylation is 1. The van der Waals surface area contributed by atoms with Crippen LogP contribution in [0.2, 0.25) is 0 Å². The molecule has 1 unspecified atom stereocenters. The van der Waals surface area contributed by atoms with Crippen LogP contribution in [0.4, 0.5) is 11.4 Å². The first-order valence-electron chi connectivity index (χ1n) is 11.9. The minimum absolute atomic E-state index is 0.0176. The van der Waals surface area contributed by atoms with Crippen LogP contribution in [0.15, 0.2) is 42.5 Å². The van der Waals surface area contributed by atoms with Crippen LogP contribution < -0.4 is 20.3 Å². The van der Waals surface area contributed by atoms with E-state index in [4.69, 9.17) is 4.74 Å². The van der Waals surface area contributed by atoms with Crippen molar-refractivity contribution in [1.82, 2.24) is 15.1 Å². The van der Waals surface area contributed by atoms with Crippen molar-refractivity contribution in [1.29, 1.82) is 0 Å². The molecule has 2 aliphatic heterocycles. The summed E-state index contributed by atoms with van der Waals surface area (Å²) in [5.41, 5.74) is 4.38. The van der Waals surface area contributed by atoms with Crippen molar-refractivity contribution in [2.45, 2.75) is 18.9 Å². The maximum absolute atomic E-state index is 12.6. The van der Waals surface area contributed by atoms with Crippen LogP contribution in [0.1, 0.15) is 23.6 Å². The van der Waals surface area contributed by atoms with Gasteiger partial charge in [-0.3, -0.25) is 14.5 Å². The highest BCUT2D eigenvalue weighted by molar-refractivity contribution is 6.39. The molecule has 4 rings (SSSR count). The number of nitrogens with one attached hydrogen (secondary N) is 2. The van der Waals surface area contributed by atoms with Gasteiger partial charge in [0, 0.05) is 57.7 Å². The number of carbonyl (C=O) groups is 2. The molecule has 2 aromatic rings. The van der Waals surface area contributed by atoms with E-state index in [0.29, 0.717) is 18.0 Å². The van der Waals surface area contributed by atoms with Crippen LogP contribution in [-0.2, 0) is 16.0 Å². The zero-order valence-electron chi connectivity index (χ0n) is 20.3. The van der Waals surface area contributed by atoms with Crippen LogP contribution in [0.25, 0.3) is 0 Å². The molecule has 0 aromatic heterocycles. The summed E-state index contributed by atoms with van der Waals surface area (Å²) >= 11 is 0. The molecule has 2 amide bonds. The van der Waals surface area contributed by atoms with Gasteiger partial charge in [-0.05, 0) is 61.3 Å². The fraction of sp³-hybridized carbons (Fsp3) is 0.462. The van der Waals surface area contributed by atoms with Gasteiger partial charge in [0.2, 0.25) is 0 Å². The highest BCUT2D eigenvalue weighted by atomic mass is 16.5. The number of ether oxygens (including phenoxy) is 1. The zero-order chi connectivity index (χ0) is 24.1. The molecule has 1 saturated heterocycles. The number of likely N-dealkylation sites (N-methyl/N-ethyl adjacent to an activating group) is 1. The van der Waals surface area contributed by atoms with Crippen molar-refractivity contribution in [2.75, 3.05) is 70.7 Å². The third-order valence-corrected chi connectivity index (χ3v) is 6.83. The second-order valence-corrected chi connectivity index (χ2v) is 9.16. The SMILES string of the molecule is COc1ccc(NC(=O)C(=O)NCC(c2ccc3c(c2)CCCN3C)N2CCN(C)CC2)cc1. The molecule has 2 aromatic carbocycles. The smallest absolute Gasteiger partial charge is 0.313 e. The molecule has 8 heteroatoms. The van der Waals surface area contributed by atoms with E-state index >= 15 is 0 Å². The molecule has 1 fully saturated rings. The fourth-order valence-corrected chi connectivity index (χ4v) is 4.74. The van der Waals surface area contributed by atoms with Crippen molar-refractivity contribution < 1.29 is 14.3 Å². The highest BCUT2D eigenvalue weighted by Crippen LogP contribution is 2.31. The third kappa shape index (κ3) is 5.69. The number of carbonyl (C=O) groups excluding carboxylic acids is 2. The Balaban J connectivity index is 1.45. The predicted molar refractivity (Wildman–Crippen MR) is 134 cm³/mol. The Morgan fingerprint density at radius 3 is 2.41 bits per heavy atom. The summed E-state index contributed by atoms with van der Waals surface area (Å²) in [6.45, 7) is 5.27. The molecule has 0 bridgehead atoms. The van der Waals surface area contributed by atoms with E-state index in [-0.39, 0.29) is 6.04 Å². The van der Waals surface area contributed by atoms with Crippen molar-refractivity contribution in [3.63, 3.8) is 0 Å². The predicted octanol–water partition coefficient (Wildman–Crippen LogP) is 2.12.